The first-order chi connectivity index (χ1) is 7.49. The van der Waals surface area contributed by atoms with Crippen molar-refractivity contribution in [1.82, 2.24) is 0 Å². The van der Waals surface area contributed by atoms with E-state index >= 15 is 0 Å². The molecule has 0 N–H and O–H groups in total. The lowest BCUT2D eigenvalue weighted by Crippen LogP contribution is -2.18. The zero-order chi connectivity index (χ0) is 12.3. The highest BCUT2D eigenvalue weighted by Gasteiger charge is 2.25. The fourth-order valence-electron chi connectivity index (χ4n) is 1.87. The van der Waals surface area contributed by atoms with E-state index in [1.807, 2.05) is 20.8 Å². The average molecular weight is 245 g/mol. The summed E-state index contributed by atoms with van der Waals surface area (Å²) in [6.45, 7) is 5.99. The summed E-state index contributed by atoms with van der Waals surface area (Å²) in [6.07, 6.45) is 0. The third kappa shape index (κ3) is 2.67. The molecule has 2 atom stereocenters. The van der Waals surface area contributed by atoms with E-state index in [0.29, 0.717) is 17.2 Å². The molecule has 0 aromatic heterocycles. The molecule has 0 aliphatic heterocycles. The lowest BCUT2D eigenvalue weighted by Gasteiger charge is -2.23. The quantitative estimate of drug-likeness (QED) is 0.722. The van der Waals surface area contributed by atoms with Crippen molar-refractivity contribution >= 4 is 11.6 Å². The molecule has 90 valence electrons. The first kappa shape index (κ1) is 13.3. The van der Waals surface area contributed by atoms with Gasteiger partial charge in [0, 0.05) is 16.9 Å². The van der Waals surface area contributed by atoms with Crippen molar-refractivity contribution in [3.63, 3.8) is 0 Å². The number of rotatable bonds is 4. The zero-order valence-corrected chi connectivity index (χ0v) is 10.9. The van der Waals surface area contributed by atoms with Crippen LogP contribution in [0.4, 0.5) is 4.39 Å². The van der Waals surface area contributed by atoms with Crippen molar-refractivity contribution in [2.45, 2.75) is 32.1 Å². The Bertz CT molecular complexity index is 352. The summed E-state index contributed by atoms with van der Waals surface area (Å²) in [4.78, 5) is 0. The maximum atomic E-state index is 13.8. The molecule has 2 unspecified atom stereocenters. The molecule has 3 heteroatoms. The Kier molecular flexibility index (Phi) is 4.60. The summed E-state index contributed by atoms with van der Waals surface area (Å²) in [7, 11) is 1.55. The van der Waals surface area contributed by atoms with E-state index in [-0.39, 0.29) is 17.1 Å². The van der Waals surface area contributed by atoms with E-state index < -0.39 is 0 Å². The molecule has 1 aromatic carbocycles. The molecule has 0 aliphatic carbocycles. The summed E-state index contributed by atoms with van der Waals surface area (Å²) < 4.78 is 19.0. The minimum Gasteiger partial charge on any atom is -0.496 e. The van der Waals surface area contributed by atoms with Gasteiger partial charge >= 0.3 is 0 Å². The highest BCUT2D eigenvalue weighted by Crippen LogP contribution is 2.35. The average Bonchev–Trinajstić information content (AvgIpc) is 2.26. The fourth-order valence-corrected chi connectivity index (χ4v) is 2.00. The number of ether oxygens (including phenoxy) is 1. The highest BCUT2D eigenvalue weighted by molar-refractivity contribution is 6.21. The number of methoxy groups -OCH3 is 1. The van der Waals surface area contributed by atoms with Crippen LogP contribution in [-0.2, 0) is 0 Å². The molecule has 0 fully saturated rings. The largest absolute Gasteiger partial charge is 0.496 e. The second-order valence-corrected chi connectivity index (χ2v) is 4.84. The zero-order valence-electron chi connectivity index (χ0n) is 10.1. The van der Waals surface area contributed by atoms with Crippen molar-refractivity contribution in [3.05, 3.63) is 29.6 Å². The number of alkyl halides is 1. The molecule has 0 saturated carbocycles. The Balaban J connectivity index is 3.11. The van der Waals surface area contributed by atoms with E-state index in [1.54, 1.807) is 19.2 Å². The van der Waals surface area contributed by atoms with Crippen LogP contribution in [-0.4, -0.2) is 12.5 Å². The molecule has 1 rings (SSSR count). The molecule has 0 saturated heterocycles. The van der Waals surface area contributed by atoms with Gasteiger partial charge in [-0.3, -0.25) is 0 Å². The number of hydrogen-bond acceptors (Lipinski definition) is 1. The van der Waals surface area contributed by atoms with Gasteiger partial charge in [-0.2, -0.15) is 0 Å². The van der Waals surface area contributed by atoms with Gasteiger partial charge in [-0.15, -0.1) is 11.6 Å². The van der Waals surface area contributed by atoms with Gasteiger partial charge in [0.2, 0.25) is 0 Å². The Morgan fingerprint density at radius 3 is 2.38 bits per heavy atom. The molecule has 0 aliphatic rings. The molecule has 0 amide bonds. The van der Waals surface area contributed by atoms with Crippen LogP contribution in [0.2, 0.25) is 0 Å². The van der Waals surface area contributed by atoms with Gasteiger partial charge in [0.15, 0.2) is 0 Å². The van der Waals surface area contributed by atoms with Gasteiger partial charge in [-0.1, -0.05) is 26.8 Å². The van der Waals surface area contributed by atoms with Crippen molar-refractivity contribution in [3.8, 4) is 5.75 Å². The van der Waals surface area contributed by atoms with Crippen LogP contribution in [0, 0.1) is 11.7 Å². The van der Waals surface area contributed by atoms with Crippen LogP contribution in [0.15, 0.2) is 18.2 Å². The Hall–Kier alpha value is -0.760. The van der Waals surface area contributed by atoms with Crippen molar-refractivity contribution in [2.75, 3.05) is 7.11 Å². The third-order valence-corrected chi connectivity index (χ3v) is 3.68. The second kappa shape index (κ2) is 5.53. The topological polar surface area (TPSA) is 9.23 Å². The van der Waals surface area contributed by atoms with Gasteiger partial charge in [0.25, 0.3) is 0 Å². The predicted octanol–water partition coefficient (Wildman–Crippen LogP) is 4.20. The Morgan fingerprint density at radius 1 is 1.25 bits per heavy atom. The Labute approximate surface area is 102 Å². The van der Waals surface area contributed by atoms with Crippen LogP contribution >= 0.6 is 11.6 Å². The molecule has 16 heavy (non-hydrogen) atoms. The minimum atomic E-state index is -0.252. The minimum absolute atomic E-state index is 0.0715. The smallest absolute Gasteiger partial charge is 0.130 e. The summed E-state index contributed by atoms with van der Waals surface area (Å²) in [5.41, 5.74) is 0.568. The van der Waals surface area contributed by atoms with E-state index in [2.05, 4.69) is 0 Å². The first-order valence-electron chi connectivity index (χ1n) is 5.45. The molecule has 1 aromatic rings. The summed E-state index contributed by atoms with van der Waals surface area (Å²) in [6, 6.07) is 4.85. The van der Waals surface area contributed by atoms with Crippen LogP contribution in [0.1, 0.15) is 32.3 Å². The second-order valence-electron chi connectivity index (χ2n) is 4.33. The SMILES string of the molecule is COc1cccc(F)c1C(C)C(Cl)C(C)C. The van der Waals surface area contributed by atoms with Crippen molar-refractivity contribution in [1.29, 1.82) is 0 Å². The molecule has 0 heterocycles. The molecule has 0 spiro atoms. The maximum Gasteiger partial charge on any atom is 0.130 e. The van der Waals surface area contributed by atoms with Gasteiger partial charge < -0.3 is 4.74 Å². The van der Waals surface area contributed by atoms with Gasteiger partial charge in [-0.05, 0) is 18.1 Å². The molecular weight excluding hydrogens is 227 g/mol. The van der Waals surface area contributed by atoms with E-state index in [0.717, 1.165) is 0 Å². The van der Waals surface area contributed by atoms with Gasteiger partial charge in [-0.25, -0.2) is 4.39 Å². The first-order valence-corrected chi connectivity index (χ1v) is 5.89. The van der Waals surface area contributed by atoms with Crippen LogP contribution in [0.3, 0.4) is 0 Å². The molecule has 1 nitrogen and oxygen atoms in total. The summed E-state index contributed by atoms with van der Waals surface area (Å²) in [5, 5.41) is -0.106. The normalized spacial score (nSPS) is 14.9. The Morgan fingerprint density at radius 2 is 1.88 bits per heavy atom. The lowest BCUT2D eigenvalue weighted by molar-refractivity contribution is 0.394. The molecular formula is C13H18ClFO. The predicted molar refractivity (Wildman–Crippen MR) is 65.8 cm³/mol. The van der Waals surface area contributed by atoms with Crippen molar-refractivity contribution in [2.24, 2.45) is 5.92 Å². The number of halogens is 2. The highest BCUT2D eigenvalue weighted by atomic mass is 35.5. The third-order valence-electron chi connectivity index (χ3n) is 2.80. The maximum absolute atomic E-state index is 13.8. The fraction of sp³-hybridized carbons (Fsp3) is 0.538. The molecule has 0 radical (unpaired) electrons. The van der Waals surface area contributed by atoms with Crippen LogP contribution in [0.25, 0.3) is 0 Å². The summed E-state index contributed by atoms with van der Waals surface area (Å²) in [5.74, 6) is 0.538. The number of benzene rings is 1. The lowest BCUT2D eigenvalue weighted by atomic mass is 9.90. The monoisotopic (exact) mass is 244 g/mol. The van der Waals surface area contributed by atoms with Gasteiger partial charge in [0.1, 0.15) is 11.6 Å². The van der Waals surface area contributed by atoms with Crippen LogP contribution in [0.5, 0.6) is 5.75 Å². The van der Waals surface area contributed by atoms with Crippen LogP contribution < -0.4 is 4.74 Å². The van der Waals surface area contributed by atoms with E-state index in [1.165, 1.54) is 6.07 Å². The molecule has 0 bridgehead atoms. The summed E-state index contributed by atoms with van der Waals surface area (Å²) >= 11 is 6.28. The number of hydrogen-bond donors (Lipinski definition) is 0. The van der Waals surface area contributed by atoms with Gasteiger partial charge in [0.05, 0.1) is 7.11 Å². The van der Waals surface area contributed by atoms with Crippen molar-refractivity contribution < 1.29 is 9.13 Å². The standard InChI is InChI=1S/C13H18ClFO/c1-8(2)13(14)9(3)12-10(15)6-5-7-11(12)16-4/h5-9,13H,1-4H3. The van der Waals surface area contributed by atoms with E-state index in [9.17, 15) is 4.39 Å². The van der Waals surface area contributed by atoms with E-state index in [4.69, 9.17) is 16.3 Å².